The van der Waals surface area contributed by atoms with Gasteiger partial charge in [0.2, 0.25) is 0 Å². The number of hydrogen-bond acceptors (Lipinski definition) is 3. The zero-order valence-corrected chi connectivity index (χ0v) is 11.2. The highest BCUT2D eigenvalue weighted by Gasteiger charge is 2.33. The molecule has 2 heterocycles. The standard InChI is InChI=1S/C13H24N2S/c1-3-8-16-9-7-14-11-13-5-4-6-15(13)10-12(14)2/h3,12-13H,1,4-11H2,2H3. The zero-order chi connectivity index (χ0) is 11.4. The summed E-state index contributed by atoms with van der Waals surface area (Å²) in [4.78, 5) is 5.38. The van der Waals surface area contributed by atoms with Crippen molar-refractivity contribution in [1.29, 1.82) is 0 Å². The van der Waals surface area contributed by atoms with Gasteiger partial charge in [0.05, 0.1) is 0 Å². The largest absolute Gasteiger partial charge is 0.298 e. The highest BCUT2D eigenvalue weighted by Crippen LogP contribution is 2.24. The van der Waals surface area contributed by atoms with Crippen LogP contribution in [0.1, 0.15) is 19.8 Å². The zero-order valence-electron chi connectivity index (χ0n) is 10.4. The van der Waals surface area contributed by atoms with E-state index < -0.39 is 0 Å². The number of thioether (sulfide) groups is 1. The van der Waals surface area contributed by atoms with Crippen molar-refractivity contribution < 1.29 is 0 Å². The molecule has 0 N–H and O–H groups in total. The van der Waals surface area contributed by atoms with Gasteiger partial charge in [-0.15, -0.1) is 6.58 Å². The van der Waals surface area contributed by atoms with Gasteiger partial charge in [0.15, 0.2) is 0 Å². The minimum Gasteiger partial charge on any atom is -0.298 e. The number of piperazine rings is 1. The van der Waals surface area contributed by atoms with Crippen LogP contribution >= 0.6 is 11.8 Å². The summed E-state index contributed by atoms with van der Waals surface area (Å²) >= 11 is 2.00. The van der Waals surface area contributed by atoms with E-state index in [0.29, 0.717) is 0 Å². The van der Waals surface area contributed by atoms with Crippen LogP contribution in [0.15, 0.2) is 12.7 Å². The van der Waals surface area contributed by atoms with Gasteiger partial charge in [-0.25, -0.2) is 0 Å². The molecule has 0 aliphatic carbocycles. The van der Waals surface area contributed by atoms with Crippen molar-refractivity contribution in [2.45, 2.75) is 31.8 Å². The Labute approximate surface area is 104 Å². The first-order valence-corrected chi connectivity index (χ1v) is 7.63. The SMILES string of the molecule is C=CCSCCN1CC2CCCN2CC1C. The molecule has 0 bridgehead atoms. The van der Waals surface area contributed by atoms with Gasteiger partial charge >= 0.3 is 0 Å². The van der Waals surface area contributed by atoms with Gasteiger partial charge in [0.1, 0.15) is 0 Å². The second kappa shape index (κ2) is 6.08. The molecule has 0 amide bonds. The third kappa shape index (κ3) is 3.02. The molecular formula is C13H24N2S. The quantitative estimate of drug-likeness (QED) is 0.536. The maximum absolute atomic E-state index is 3.76. The molecule has 2 atom stereocenters. The lowest BCUT2D eigenvalue weighted by Crippen LogP contribution is -2.55. The molecule has 2 aliphatic rings. The smallest absolute Gasteiger partial charge is 0.0224 e. The molecule has 2 fully saturated rings. The van der Waals surface area contributed by atoms with Gasteiger partial charge in [-0.05, 0) is 26.3 Å². The van der Waals surface area contributed by atoms with Gasteiger partial charge < -0.3 is 0 Å². The Kier molecular flexibility index (Phi) is 4.74. The fourth-order valence-electron chi connectivity index (χ4n) is 2.91. The van der Waals surface area contributed by atoms with Crippen molar-refractivity contribution in [3.8, 4) is 0 Å². The number of nitrogens with zero attached hydrogens (tertiary/aromatic N) is 2. The van der Waals surface area contributed by atoms with Gasteiger partial charge in [0, 0.05) is 43.2 Å². The summed E-state index contributed by atoms with van der Waals surface area (Å²) < 4.78 is 0. The van der Waals surface area contributed by atoms with Gasteiger partial charge in [-0.3, -0.25) is 9.80 Å². The highest BCUT2D eigenvalue weighted by atomic mass is 32.2. The average Bonchev–Trinajstić information content (AvgIpc) is 2.71. The van der Waals surface area contributed by atoms with Gasteiger partial charge in [-0.2, -0.15) is 11.8 Å². The second-order valence-corrected chi connectivity index (χ2v) is 6.15. The Morgan fingerprint density at radius 2 is 2.31 bits per heavy atom. The molecule has 2 saturated heterocycles. The Bertz CT molecular complexity index is 232. The lowest BCUT2D eigenvalue weighted by Gasteiger charge is -2.42. The lowest BCUT2D eigenvalue weighted by atomic mass is 10.1. The molecule has 2 unspecified atom stereocenters. The summed E-state index contributed by atoms with van der Waals surface area (Å²) in [6, 6.07) is 1.61. The molecule has 0 aromatic carbocycles. The molecule has 0 aromatic heterocycles. The normalized spacial score (nSPS) is 31.6. The fraction of sp³-hybridized carbons (Fsp3) is 0.846. The summed E-state index contributed by atoms with van der Waals surface area (Å²) in [5.74, 6) is 2.35. The van der Waals surface area contributed by atoms with Crippen LogP contribution in [0.2, 0.25) is 0 Å². The van der Waals surface area contributed by atoms with E-state index in [9.17, 15) is 0 Å². The summed E-state index contributed by atoms with van der Waals surface area (Å²) in [6.07, 6.45) is 4.84. The van der Waals surface area contributed by atoms with Crippen LogP contribution in [0, 0.1) is 0 Å². The van der Waals surface area contributed by atoms with Crippen LogP contribution in [-0.4, -0.2) is 59.6 Å². The minimum absolute atomic E-state index is 0.749. The molecule has 2 aliphatic heterocycles. The lowest BCUT2D eigenvalue weighted by molar-refractivity contribution is 0.0646. The van der Waals surface area contributed by atoms with E-state index in [1.807, 2.05) is 17.8 Å². The van der Waals surface area contributed by atoms with E-state index in [1.54, 1.807) is 0 Å². The number of rotatable bonds is 5. The van der Waals surface area contributed by atoms with Crippen molar-refractivity contribution in [3.05, 3.63) is 12.7 Å². The maximum Gasteiger partial charge on any atom is 0.0224 e. The third-order valence-corrected chi connectivity index (χ3v) is 4.77. The first kappa shape index (κ1) is 12.5. The Morgan fingerprint density at radius 1 is 1.44 bits per heavy atom. The third-order valence-electron chi connectivity index (χ3n) is 3.82. The van der Waals surface area contributed by atoms with Crippen molar-refractivity contribution in [1.82, 2.24) is 9.80 Å². The Hall–Kier alpha value is 0.01000. The summed E-state index contributed by atoms with van der Waals surface area (Å²) in [5, 5.41) is 0. The summed E-state index contributed by atoms with van der Waals surface area (Å²) in [7, 11) is 0. The van der Waals surface area contributed by atoms with Crippen LogP contribution in [0.3, 0.4) is 0 Å². The van der Waals surface area contributed by atoms with E-state index in [0.717, 1.165) is 17.8 Å². The van der Waals surface area contributed by atoms with Crippen molar-refractivity contribution >= 4 is 11.8 Å². The van der Waals surface area contributed by atoms with Crippen LogP contribution in [0.5, 0.6) is 0 Å². The summed E-state index contributed by atoms with van der Waals surface area (Å²) in [5.41, 5.74) is 0. The van der Waals surface area contributed by atoms with Crippen molar-refractivity contribution in [2.75, 3.05) is 37.7 Å². The molecule has 2 rings (SSSR count). The fourth-order valence-corrected chi connectivity index (χ4v) is 3.60. The Morgan fingerprint density at radius 3 is 3.12 bits per heavy atom. The van der Waals surface area contributed by atoms with Gasteiger partial charge in [-0.1, -0.05) is 6.08 Å². The van der Waals surface area contributed by atoms with Gasteiger partial charge in [0.25, 0.3) is 0 Å². The molecule has 2 nitrogen and oxygen atoms in total. The molecular weight excluding hydrogens is 216 g/mol. The van der Waals surface area contributed by atoms with Crippen LogP contribution in [-0.2, 0) is 0 Å². The average molecular weight is 240 g/mol. The van der Waals surface area contributed by atoms with E-state index in [1.165, 1.54) is 44.8 Å². The van der Waals surface area contributed by atoms with Crippen molar-refractivity contribution in [2.24, 2.45) is 0 Å². The van der Waals surface area contributed by atoms with Crippen LogP contribution < -0.4 is 0 Å². The van der Waals surface area contributed by atoms with Crippen LogP contribution in [0.25, 0.3) is 0 Å². The molecule has 0 saturated carbocycles. The predicted molar refractivity (Wildman–Crippen MR) is 73.2 cm³/mol. The molecule has 0 spiro atoms. The minimum atomic E-state index is 0.749. The molecule has 16 heavy (non-hydrogen) atoms. The molecule has 0 radical (unpaired) electrons. The van der Waals surface area contributed by atoms with E-state index >= 15 is 0 Å². The van der Waals surface area contributed by atoms with E-state index in [-0.39, 0.29) is 0 Å². The maximum atomic E-state index is 3.76. The molecule has 92 valence electrons. The topological polar surface area (TPSA) is 6.48 Å². The predicted octanol–water partition coefficient (Wildman–Crippen LogP) is 2.07. The first-order valence-electron chi connectivity index (χ1n) is 6.48. The highest BCUT2D eigenvalue weighted by molar-refractivity contribution is 7.99. The second-order valence-electron chi connectivity index (χ2n) is 5.00. The monoisotopic (exact) mass is 240 g/mol. The van der Waals surface area contributed by atoms with Crippen LogP contribution in [0.4, 0.5) is 0 Å². The number of hydrogen-bond donors (Lipinski definition) is 0. The summed E-state index contributed by atoms with van der Waals surface area (Å²) in [6.45, 7) is 11.3. The first-order chi connectivity index (χ1) is 7.81. The van der Waals surface area contributed by atoms with E-state index in [2.05, 4.69) is 23.3 Å². The van der Waals surface area contributed by atoms with E-state index in [4.69, 9.17) is 0 Å². The molecule has 3 heteroatoms. The number of fused-ring (bicyclic) bond motifs is 1. The van der Waals surface area contributed by atoms with Crippen molar-refractivity contribution in [3.63, 3.8) is 0 Å². The molecule has 0 aromatic rings. The Balaban J connectivity index is 1.74.